The van der Waals surface area contributed by atoms with E-state index in [0.29, 0.717) is 35.3 Å². The fraction of sp³-hybridized carbons (Fsp3) is 0.725. The average Bonchev–Trinajstić information content (AvgIpc) is 4.03. The predicted octanol–water partition coefficient (Wildman–Crippen LogP) is 20.4. The van der Waals surface area contributed by atoms with Crippen LogP contribution in [0.3, 0.4) is 0 Å². The van der Waals surface area contributed by atoms with Crippen LogP contribution >= 0.6 is 34.0 Å². The first-order valence-corrected chi connectivity index (χ1v) is 31.8. The summed E-state index contributed by atoms with van der Waals surface area (Å²) >= 11 is 5.01. The van der Waals surface area contributed by atoms with Gasteiger partial charge in [-0.3, -0.25) is 24.0 Å². The number of aromatic nitrogens is 2. The highest BCUT2D eigenvalue weighted by Crippen LogP contribution is 2.35. The second-order valence-electron chi connectivity index (χ2n) is 33.4. The number of nitrogens with one attached hydrogen (secondary N) is 1. The van der Waals surface area contributed by atoms with Crippen LogP contribution in [0.4, 0.5) is 0 Å². The molecule has 0 atom stereocenters. The number of ketones is 5. The van der Waals surface area contributed by atoms with Gasteiger partial charge in [-0.2, -0.15) is 0 Å². The van der Waals surface area contributed by atoms with Gasteiger partial charge in [-0.15, -0.1) is 34.0 Å². The van der Waals surface area contributed by atoms with E-state index in [1.807, 2.05) is 123 Å². The molecule has 0 aromatic carbocycles. The minimum absolute atomic E-state index is 0.0626. The van der Waals surface area contributed by atoms with Crippen LogP contribution in [0.15, 0.2) is 28.7 Å². The largest absolute Gasteiger partial charge is 0.458 e. The van der Waals surface area contributed by atoms with E-state index in [-0.39, 0.29) is 77.4 Å². The molecule has 4 rings (SSSR count). The summed E-state index contributed by atoms with van der Waals surface area (Å²) in [6.07, 6.45) is 4.37. The summed E-state index contributed by atoms with van der Waals surface area (Å²) in [5.41, 5.74) is 0.800. The van der Waals surface area contributed by atoms with Crippen molar-refractivity contribution in [2.45, 2.75) is 272 Å². The fourth-order valence-electron chi connectivity index (χ4n) is 7.26. The van der Waals surface area contributed by atoms with Crippen LogP contribution in [0.2, 0.25) is 0 Å². The highest BCUT2D eigenvalue weighted by molar-refractivity contribution is 7.14. The topological polar surface area (TPSA) is 136 Å². The van der Waals surface area contributed by atoms with E-state index >= 15 is 0 Å². The second kappa shape index (κ2) is 29.6. The highest BCUT2D eigenvalue weighted by atomic mass is 32.1. The summed E-state index contributed by atoms with van der Waals surface area (Å²) in [6, 6.07) is 7.76. The SMILES string of the molecule is CC(C)(C)Cc1ccc(C(=O)C(C)(C)C)o1.CC(C)(C)Cc1ccc(C(=O)C(C)(C)C)s1.CC(C)(C)NCCC(=O)C(C)(C)C.CC(C)c1sc(CC(C)(C)C)nc1C(=O)C(C)(C)C.Cc1sc(CC(C)(C)C)nc1C(=O)C(C)(C)C. The maximum absolute atomic E-state index is 12.5. The normalized spacial score (nSPS) is 13.0. The summed E-state index contributed by atoms with van der Waals surface area (Å²) in [5.74, 6) is 2.66. The molecule has 462 valence electrons. The highest BCUT2D eigenvalue weighted by Gasteiger charge is 2.32. The number of Topliss-reactive ketones (excluding diaryl/α,β-unsaturated/α-hetero) is 5. The van der Waals surface area contributed by atoms with Gasteiger partial charge in [-0.25, -0.2) is 9.97 Å². The first-order chi connectivity index (χ1) is 35.7. The van der Waals surface area contributed by atoms with E-state index in [4.69, 9.17) is 4.42 Å². The number of thiophene rings is 1. The summed E-state index contributed by atoms with van der Waals surface area (Å²) in [7, 11) is 0. The lowest BCUT2D eigenvalue weighted by molar-refractivity contribution is -0.126. The average molecular weight is 1180 g/mol. The maximum Gasteiger partial charge on any atom is 0.203 e. The van der Waals surface area contributed by atoms with Crippen molar-refractivity contribution >= 4 is 62.9 Å². The van der Waals surface area contributed by atoms with Gasteiger partial charge in [0.15, 0.2) is 23.1 Å². The van der Waals surface area contributed by atoms with Crippen molar-refractivity contribution in [3.63, 3.8) is 0 Å². The Balaban J connectivity index is 0.000000993. The van der Waals surface area contributed by atoms with Crippen LogP contribution in [0, 0.1) is 55.7 Å². The van der Waals surface area contributed by atoms with Crippen LogP contribution in [0.25, 0.3) is 0 Å². The van der Waals surface area contributed by atoms with E-state index in [1.54, 1.807) is 40.1 Å². The zero-order chi connectivity index (χ0) is 64.3. The van der Waals surface area contributed by atoms with Crippen molar-refractivity contribution in [2.75, 3.05) is 6.54 Å². The number of thiazole rings is 2. The Hall–Kier alpha value is -3.45. The Morgan fingerprint density at radius 3 is 1.26 bits per heavy atom. The molecule has 0 spiro atoms. The zero-order valence-electron chi connectivity index (χ0n) is 57.7. The first kappa shape index (κ1) is 77.5. The summed E-state index contributed by atoms with van der Waals surface area (Å²) < 4.78 is 5.60. The van der Waals surface area contributed by atoms with E-state index in [1.165, 1.54) is 4.88 Å². The van der Waals surface area contributed by atoms with Crippen molar-refractivity contribution < 1.29 is 28.4 Å². The van der Waals surface area contributed by atoms with Gasteiger partial charge in [0.05, 0.1) is 14.9 Å². The van der Waals surface area contributed by atoms with Crippen molar-refractivity contribution in [1.29, 1.82) is 0 Å². The van der Waals surface area contributed by atoms with Crippen molar-refractivity contribution in [2.24, 2.45) is 48.7 Å². The lowest BCUT2D eigenvalue weighted by Gasteiger charge is -2.22. The van der Waals surface area contributed by atoms with E-state index in [0.717, 1.165) is 62.6 Å². The molecule has 0 aliphatic carbocycles. The van der Waals surface area contributed by atoms with Crippen molar-refractivity contribution in [1.82, 2.24) is 15.3 Å². The lowest BCUT2D eigenvalue weighted by atomic mass is 9.87. The van der Waals surface area contributed by atoms with E-state index < -0.39 is 0 Å². The molecule has 0 saturated heterocycles. The van der Waals surface area contributed by atoms with Gasteiger partial charge >= 0.3 is 0 Å². The molecule has 1 N–H and O–H groups in total. The number of hydrogen-bond acceptors (Lipinski definition) is 12. The number of nitrogens with zero attached hydrogens (tertiary/aromatic N) is 2. The van der Waals surface area contributed by atoms with Gasteiger partial charge in [0, 0.05) is 79.5 Å². The Labute approximate surface area is 507 Å². The molecule has 4 aromatic heterocycles. The molecule has 0 radical (unpaired) electrons. The molecule has 0 aliphatic rings. The number of carbonyl (C=O) groups excluding carboxylic acids is 5. The number of hydrogen-bond donors (Lipinski definition) is 1. The third-order valence-corrected chi connectivity index (χ3v) is 15.0. The zero-order valence-corrected chi connectivity index (χ0v) is 60.1. The summed E-state index contributed by atoms with van der Waals surface area (Å²) in [4.78, 5) is 73.8. The monoisotopic (exact) mass is 1180 g/mol. The number of rotatable bonds is 12. The van der Waals surface area contributed by atoms with Crippen molar-refractivity contribution in [3.8, 4) is 0 Å². The number of carbonyl (C=O) groups is 5. The summed E-state index contributed by atoms with van der Waals surface area (Å²) in [6.45, 7) is 68.9. The number of aryl methyl sites for hydroxylation is 1. The second-order valence-corrected chi connectivity index (χ2v) is 37.0. The predicted molar refractivity (Wildman–Crippen MR) is 351 cm³/mol. The molecule has 0 aliphatic heterocycles. The molecular formula is C69H117N3O6S3. The van der Waals surface area contributed by atoms with Gasteiger partial charge in [0.25, 0.3) is 0 Å². The van der Waals surface area contributed by atoms with Crippen LogP contribution in [0.5, 0.6) is 0 Å². The van der Waals surface area contributed by atoms with Gasteiger partial charge < -0.3 is 9.73 Å². The molecule has 12 heteroatoms. The molecular weight excluding hydrogens is 1060 g/mol. The standard InChI is InChI=1S/C16H27NOS.C14H23NOS.C14H22O2.C14H22OS.C11H23NO/c1-10(2)13-12(14(18)16(6,7)8)17-11(19-13)9-15(3,4)5;1-9-11(12(16)14(5,6)7)15-10(17-9)8-13(2,3)4;2*1-13(2,3)9-10-7-8-11(16-10)12(15)14(4,5)6;1-10(2,3)9(13)7-8-12-11(4,5)6/h10H,9H2,1-8H3;8H2,1-7H3;2*7-8H,9H2,1-6H3;12H,7-8H2,1-6H3. The van der Waals surface area contributed by atoms with E-state index in [9.17, 15) is 24.0 Å². The Morgan fingerprint density at radius 2 is 0.877 bits per heavy atom. The Bertz CT molecular complexity index is 2560. The van der Waals surface area contributed by atoms with Crippen LogP contribution < -0.4 is 5.32 Å². The first-order valence-electron chi connectivity index (χ1n) is 29.3. The maximum atomic E-state index is 12.5. The minimum atomic E-state index is -0.378. The third kappa shape index (κ3) is 31.9. The Morgan fingerprint density at radius 1 is 0.469 bits per heavy atom. The van der Waals surface area contributed by atoms with Gasteiger partial charge in [0.1, 0.15) is 22.9 Å². The molecule has 9 nitrogen and oxygen atoms in total. The lowest BCUT2D eigenvalue weighted by Crippen LogP contribution is -2.38. The minimum Gasteiger partial charge on any atom is -0.458 e. The van der Waals surface area contributed by atoms with Crippen molar-refractivity contribution in [3.05, 3.63) is 76.7 Å². The number of furan rings is 1. The molecule has 4 heterocycles. The van der Waals surface area contributed by atoms with Gasteiger partial charge in [0.2, 0.25) is 5.78 Å². The molecule has 0 saturated carbocycles. The molecule has 81 heavy (non-hydrogen) atoms. The molecule has 0 bridgehead atoms. The van der Waals surface area contributed by atoms with E-state index in [2.05, 4.69) is 139 Å². The third-order valence-electron chi connectivity index (χ3n) is 11.6. The van der Waals surface area contributed by atoms with Crippen LogP contribution in [0.1, 0.15) is 306 Å². The molecule has 4 aromatic rings. The van der Waals surface area contributed by atoms with Crippen LogP contribution in [-0.2, 0) is 30.5 Å². The molecule has 0 fully saturated rings. The smallest absolute Gasteiger partial charge is 0.203 e. The molecule has 0 amide bonds. The van der Waals surface area contributed by atoms with Crippen LogP contribution in [-0.4, -0.2) is 51.0 Å². The molecule has 0 unspecified atom stereocenters. The quantitative estimate of drug-likeness (QED) is 0.138. The van der Waals surface area contributed by atoms with Gasteiger partial charge in [-0.1, -0.05) is 201 Å². The fourth-order valence-corrected chi connectivity index (χ4v) is 11.3. The Kier molecular flexibility index (Phi) is 28.3. The summed E-state index contributed by atoms with van der Waals surface area (Å²) in [5, 5.41) is 5.46. The van der Waals surface area contributed by atoms with Gasteiger partial charge in [-0.05, 0) is 86.0 Å².